The second-order valence-electron chi connectivity index (χ2n) is 4.10. The summed E-state index contributed by atoms with van der Waals surface area (Å²) in [6.07, 6.45) is 0. The topological polar surface area (TPSA) is 46.9 Å². The molecule has 1 aromatic heterocycles. The van der Waals surface area contributed by atoms with Crippen LogP contribution in [0.5, 0.6) is 0 Å². The van der Waals surface area contributed by atoms with Crippen molar-refractivity contribution in [1.82, 2.24) is 15.1 Å². The first-order valence-electron chi connectivity index (χ1n) is 5.59. The monoisotopic (exact) mass is 247 g/mol. The lowest BCUT2D eigenvalue weighted by Gasteiger charge is -2.05. The number of aromatic nitrogens is 2. The van der Waals surface area contributed by atoms with Crippen molar-refractivity contribution in [2.45, 2.75) is 13.5 Å². The summed E-state index contributed by atoms with van der Waals surface area (Å²) < 4.78 is 14.2. The zero-order valence-electron chi connectivity index (χ0n) is 10.3. The van der Waals surface area contributed by atoms with E-state index in [0.717, 1.165) is 11.3 Å². The third-order valence-corrected chi connectivity index (χ3v) is 2.60. The van der Waals surface area contributed by atoms with Crippen LogP contribution in [-0.4, -0.2) is 15.7 Å². The molecule has 1 aromatic carbocycles. The van der Waals surface area contributed by atoms with Gasteiger partial charge in [-0.3, -0.25) is 9.48 Å². The molecule has 94 valence electrons. The molecule has 2 aromatic rings. The van der Waals surface area contributed by atoms with E-state index in [1.165, 1.54) is 16.8 Å². The predicted molar refractivity (Wildman–Crippen MR) is 65.5 cm³/mol. The Morgan fingerprint density at radius 2 is 2.06 bits per heavy atom. The summed E-state index contributed by atoms with van der Waals surface area (Å²) in [6.45, 7) is 2.19. The van der Waals surface area contributed by atoms with Gasteiger partial charge in [-0.2, -0.15) is 5.10 Å². The largest absolute Gasteiger partial charge is 0.347 e. The summed E-state index contributed by atoms with van der Waals surface area (Å²) in [5.74, 6) is -0.477. The minimum Gasteiger partial charge on any atom is -0.347 e. The maximum atomic E-state index is 12.7. The molecule has 0 saturated carbocycles. The standard InChI is InChI=1S/C13H14FN3O/c1-9-7-12(17(2)16-9)13(18)15-8-10-3-5-11(14)6-4-10/h3-7H,8H2,1-2H3,(H,15,18). The summed E-state index contributed by atoms with van der Waals surface area (Å²) in [5, 5.41) is 6.87. The molecule has 0 bridgehead atoms. The zero-order valence-corrected chi connectivity index (χ0v) is 10.3. The van der Waals surface area contributed by atoms with E-state index in [9.17, 15) is 9.18 Å². The van der Waals surface area contributed by atoms with Crippen LogP contribution in [0.2, 0.25) is 0 Å². The van der Waals surface area contributed by atoms with Crippen LogP contribution in [0.15, 0.2) is 30.3 Å². The number of benzene rings is 1. The van der Waals surface area contributed by atoms with Crippen LogP contribution in [-0.2, 0) is 13.6 Å². The third-order valence-electron chi connectivity index (χ3n) is 2.60. The SMILES string of the molecule is Cc1cc(C(=O)NCc2ccc(F)cc2)n(C)n1. The van der Waals surface area contributed by atoms with E-state index in [1.54, 1.807) is 25.2 Å². The first kappa shape index (κ1) is 12.3. The molecule has 1 heterocycles. The van der Waals surface area contributed by atoms with Crippen molar-refractivity contribution in [1.29, 1.82) is 0 Å². The molecular formula is C13H14FN3O. The average molecular weight is 247 g/mol. The molecule has 1 N–H and O–H groups in total. The quantitative estimate of drug-likeness (QED) is 0.899. The van der Waals surface area contributed by atoms with Gasteiger partial charge in [0.2, 0.25) is 0 Å². The van der Waals surface area contributed by atoms with E-state index in [4.69, 9.17) is 0 Å². The number of amides is 1. The molecule has 0 saturated heterocycles. The number of nitrogens with one attached hydrogen (secondary N) is 1. The zero-order chi connectivity index (χ0) is 13.1. The summed E-state index contributed by atoms with van der Waals surface area (Å²) in [7, 11) is 1.72. The maximum absolute atomic E-state index is 12.7. The van der Waals surface area contributed by atoms with Crippen LogP contribution in [0.25, 0.3) is 0 Å². The molecule has 18 heavy (non-hydrogen) atoms. The molecule has 0 aliphatic carbocycles. The molecule has 0 aliphatic heterocycles. The molecule has 5 heteroatoms. The van der Waals surface area contributed by atoms with E-state index in [2.05, 4.69) is 10.4 Å². The molecule has 0 fully saturated rings. The number of hydrogen-bond donors (Lipinski definition) is 1. The highest BCUT2D eigenvalue weighted by Crippen LogP contribution is 2.04. The van der Waals surface area contributed by atoms with Gasteiger partial charge in [-0.05, 0) is 30.7 Å². The summed E-state index contributed by atoms with van der Waals surface area (Å²) in [5.41, 5.74) is 2.16. The molecule has 4 nitrogen and oxygen atoms in total. The van der Waals surface area contributed by atoms with Crippen molar-refractivity contribution in [3.05, 3.63) is 53.1 Å². The Labute approximate surface area is 104 Å². The van der Waals surface area contributed by atoms with Crippen molar-refractivity contribution in [2.24, 2.45) is 7.05 Å². The first-order chi connectivity index (χ1) is 8.56. The van der Waals surface area contributed by atoms with Crippen LogP contribution in [0, 0.1) is 12.7 Å². The van der Waals surface area contributed by atoms with Crippen molar-refractivity contribution >= 4 is 5.91 Å². The second-order valence-corrected chi connectivity index (χ2v) is 4.10. The van der Waals surface area contributed by atoms with Gasteiger partial charge < -0.3 is 5.32 Å². The number of rotatable bonds is 3. The Morgan fingerprint density at radius 1 is 1.39 bits per heavy atom. The lowest BCUT2D eigenvalue weighted by molar-refractivity contribution is 0.0941. The van der Waals surface area contributed by atoms with Gasteiger partial charge >= 0.3 is 0 Å². The van der Waals surface area contributed by atoms with Gasteiger partial charge in [0.25, 0.3) is 5.91 Å². The minimum atomic E-state index is -0.285. The van der Waals surface area contributed by atoms with Crippen LogP contribution in [0.1, 0.15) is 21.7 Å². The molecular weight excluding hydrogens is 233 g/mol. The molecule has 2 rings (SSSR count). The van der Waals surface area contributed by atoms with Gasteiger partial charge in [0, 0.05) is 13.6 Å². The van der Waals surface area contributed by atoms with E-state index in [-0.39, 0.29) is 11.7 Å². The van der Waals surface area contributed by atoms with Crippen LogP contribution in [0.4, 0.5) is 4.39 Å². The van der Waals surface area contributed by atoms with Crippen molar-refractivity contribution in [3.8, 4) is 0 Å². The lowest BCUT2D eigenvalue weighted by Crippen LogP contribution is -2.25. The predicted octanol–water partition coefficient (Wildman–Crippen LogP) is 1.80. The van der Waals surface area contributed by atoms with Crippen LogP contribution < -0.4 is 5.32 Å². The molecule has 0 radical (unpaired) electrons. The fraction of sp³-hybridized carbons (Fsp3) is 0.231. The van der Waals surface area contributed by atoms with Gasteiger partial charge in [0.1, 0.15) is 11.5 Å². The number of nitrogens with zero attached hydrogens (tertiary/aromatic N) is 2. The Balaban J connectivity index is 2.00. The smallest absolute Gasteiger partial charge is 0.269 e. The highest BCUT2D eigenvalue weighted by Gasteiger charge is 2.10. The third kappa shape index (κ3) is 2.74. The minimum absolute atomic E-state index is 0.192. The first-order valence-corrected chi connectivity index (χ1v) is 5.59. The Kier molecular flexibility index (Phi) is 3.41. The number of halogens is 1. The van der Waals surface area contributed by atoms with E-state index in [0.29, 0.717) is 12.2 Å². The Bertz CT molecular complexity index is 560. The van der Waals surface area contributed by atoms with Crippen LogP contribution in [0.3, 0.4) is 0 Å². The Hall–Kier alpha value is -2.17. The summed E-state index contributed by atoms with van der Waals surface area (Å²) in [6, 6.07) is 7.75. The number of aryl methyl sites for hydroxylation is 2. The molecule has 0 atom stereocenters. The summed E-state index contributed by atoms with van der Waals surface area (Å²) >= 11 is 0. The molecule has 0 spiro atoms. The van der Waals surface area contributed by atoms with Crippen molar-refractivity contribution in [3.63, 3.8) is 0 Å². The van der Waals surface area contributed by atoms with Gasteiger partial charge in [0.05, 0.1) is 5.69 Å². The lowest BCUT2D eigenvalue weighted by atomic mass is 10.2. The summed E-state index contributed by atoms with van der Waals surface area (Å²) in [4.78, 5) is 11.9. The highest BCUT2D eigenvalue weighted by atomic mass is 19.1. The number of carbonyl (C=O) groups excluding carboxylic acids is 1. The maximum Gasteiger partial charge on any atom is 0.269 e. The normalized spacial score (nSPS) is 10.4. The van der Waals surface area contributed by atoms with E-state index < -0.39 is 0 Å². The fourth-order valence-electron chi connectivity index (χ4n) is 1.70. The average Bonchev–Trinajstić information content (AvgIpc) is 2.67. The number of carbonyl (C=O) groups is 1. The van der Waals surface area contributed by atoms with Crippen molar-refractivity contribution < 1.29 is 9.18 Å². The Morgan fingerprint density at radius 3 is 2.61 bits per heavy atom. The molecule has 1 amide bonds. The molecule has 0 aliphatic rings. The van der Waals surface area contributed by atoms with Crippen molar-refractivity contribution in [2.75, 3.05) is 0 Å². The van der Waals surface area contributed by atoms with Crippen LogP contribution >= 0.6 is 0 Å². The number of hydrogen-bond acceptors (Lipinski definition) is 2. The van der Waals surface area contributed by atoms with E-state index in [1.807, 2.05) is 6.92 Å². The van der Waals surface area contributed by atoms with E-state index >= 15 is 0 Å². The fourth-order valence-corrected chi connectivity index (χ4v) is 1.70. The van der Waals surface area contributed by atoms with Gasteiger partial charge in [-0.25, -0.2) is 4.39 Å². The second kappa shape index (κ2) is 5.00. The van der Waals surface area contributed by atoms with Gasteiger partial charge in [0.15, 0.2) is 0 Å². The van der Waals surface area contributed by atoms with Gasteiger partial charge in [-0.15, -0.1) is 0 Å². The molecule has 0 unspecified atom stereocenters. The van der Waals surface area contributed by atoms with Gasteiger partial charge in [-0.1, -0.05) is 12.1 Å². The highest BCUT2D eigenvalue weighted by molar-refractivity contribution is 5.92.